The number of carbonyl (C=O) groups is 1. The van der Waals surface area contributed by atoms with Crippen molar-refractivity contribution in [2.45, 2.75) is 82.5 Å². The number of rotatable bonds is 6. The van der Waals surface area contributed by atoms with Gasteiger partial charge in [0.25, 0.3) is 0 Å². The van der Waals surface area contributed by atoms with E-state index in [0.29, 0.717) is 57.0 Å². The number of likely N-dealkylation sites (tertiary alicyclic amines) is 1. The van der Waals surface area contributed by atoms with Crippen molar-refractivity contribution in [1.82, 2.24) is 20.0 Å². The number of aliphatic carboxylic acids is 1. The summed E-state index contributed by atoms with van der Waals surface area (Å²) in [6, 6.07) is -1.96. The highest BCUT2D eigenvalue weighted by Crippen LogP contribution is 2.55. The predicted octanol–water partition coefficient (Wildman–Crippen LogP) is 3.94. The summed E-state index contributed by atoms with van der Waals surface area (Å²) in [5, 5.41) is 17.8. The number of halogens is 6. The molecule has 204 valence electrons. The minimum Gasteiger partial charge on any atom is -0.480 e. The summed E-state index contributed by atoms with van der Waals surface area (Å²) in [5.74, 6) is -5.04. The van der Waals surface area contributed by atoms with E-state index in [9.17, 15) is 36.2 Å². The first-order valence-electron chi connectivity index (χ1n) is 12.3. The molecule has 1 aromatic heterocycles. The second-order valence-corrected chi connectivity index (χ2v) is 10.1. The SMILES string of the molecule is CCc1cc(CN2C(C(C(F)(F)F)C(F)(F)F)CC3(CCNCC3)C2C(=O)O)n(C2CCOCC2)n1. The molecule has 0 saturated carbocycles. The maximum absolute atomic E-state index is 14.0. The molecule has 13 heteroatoms. The van der Waals surface area contributed by atoms with E-state index in [-0.39, 0.29) is 25.4 Å². The van der Waals surface area contributed by atoms with Crippen LogP contribution in [0.25, 0.3) is 0 Å². The van der Waals surface area contributed by atoms with Gasteiger partial charge in [0, 0.05) is 31.2 Å². The van der Waals surface area contributed by atoms with Crippen LogP contribution in [0, 0.1) is 11.3 Å². The number of piperidine rings is 1. The number of hydrogen-bond acceptors (Lipinski definition) is 5. The first-order valence-corrected chi connectivity index (χ1v) is 12.3. The number of nitrogens with zero attached hydrogens (tertiary/aromatic N) is 3. The van der Waals surface area contributed by atoms with E-state index in [1.54, 1.807) is 10.7 Å². The Bertz CT molecular complexity index is 908. The van der Waals surface area contributed by atoms with Crippen LogP contribution in [0.3, 0.4) is 0 Å². The zero-order valence-corrected chi connectivity index (χ0v) is 20.0. The molecular formula is C23H32F6N4O3. The molecule has 2 atom stereocenters. The van der Waals surface area contributed by atoms with Crippen LogP contribution in [0.15, 0.2) is 6.07 Å². The number of hydrogen-bond donors (Lipinski definition) is 2. The second-order valence-electron chi connectivity index (χ2n) is 10.1. The van der Waals surface area contributed by atoms with Gasteiger partial charge in [-0.2, -0.15) is 31.4 Å². The number of alkyl halides is 6. The van der Waals surface area contributed by atoms with Crippen molar-refractivity contribution in [3.8, 4) is 0 Å². The van der Waals surface area contributed by atoms with Gasteiger partial charge in [-0.05, 0) is 57.7 Å². The zero-order valence-electron chi connectivity index (χ0n) is 20.0. The topological polar surface area (TPSA) is 79.6 Å². The summed E-state index contributed by atoms with van der Waals surface area (Å²) in [7, 11) is 0. The lowest BCUT2D eigenvalue weighted by molar-refractivity contribution is -0.298. The molecule has 1 spiro atoms. The van der Waals surface area contributed by atoms with Gasteiger partial charge in [-0.1, -0.05) is 6.92 Å². The van der Waals surface area contributed by atoms with Gasteiger partial charge < -0.3 is 15.2 Å². The summed E-state index contributed by atoms with van der Waals surface area (Å²) in [4.78, 5) is 13.5. The molecular weight excluding hydrogens is 494 g/mol. The summed E-state index contributed by atoms with van der Waals surface area (Å²) < 4.78 is 90.8. The smallest absolute Gasteiger partial charge is 0.402 e. The molecule has 4 rings (SSSR count). The average Bonchev–Trinajstić information content (AvgIpc) is 3.32. The van der Waals surface area contributed by atoms with Crippen LogP contribution < -0.4 is 5.32 Å². The molecule has 3 aliphatic rings. The van der Waals surface area contributed by atoms with Gasteiger partial charge in [0.1, 0.15) is 6.04 Å². The molecule has 4 heterocycles. The number of aromatic nitrogens is 2. The average molecular weight is 527 g/mol. The fourth-order valence-electron chi connectivity index (χ4n) is 6.35. The summed E-state index contributed by atoms with van der Waals surface area (Å²) >= 11 is 0. The molecule has 2 unspecified atom stereocenters. The van der Waals surface area contributed by atoms with Gasteiger partial charge >= 0.3 is 18.3 Å². The van der Waals surface area contributed by atoms with Gasteiger partial charge in [0.15, 0.2) is 5.92 Å². The Balaban J connectivity index is 1.79. The van der Waals surface area contributed by atoms with Gasteiger partial charge in [0.05, 0.1) is 17.4 Å². The minimum atomic E-state index is -5.57. The summed E-state index contributed by atoms with van der Waals surface area (Å²) in [5.41, 5.74) is -0.101. The van der Waals surface area contributed by atoms with Crippen LogP contribution in [-0.4, -0.2) is 76.5 Å². The fourth-order valence-corrected chi connectivity index (χ4v) is 6.35. The van der Waals surface area contributed by atoms with E-state index in [1.807, 2.05) is 6.92 Å². The quantitative estimate of drug-likeness (QED) is 0.547. The number of carboxylic acid groups (broad SMARTS) is 1. The highest BCUT2D eigenvalue weighted by atomic mass is 19.4. The van der Waals surface area contributed by atoms with Crippen molar-refractivity contribution >= 4 is 5.97 Å². The maximum atomic E-state index is 14.0. The van der Waals surface area contributed by atoms with Crippen molar-refractivity contribution in [1.29, 1.82) is 0 Å². The van der Waals surface area contributed by atoms with Gasteiger partial charge in [-0.15, -0.1) is 0 Å². The lowest BCUT2D eigenvalue weighted by Crippen LogP contribution is -2.54. The first kappa shape index (κ1) is 27.2. The first-order chi connectivity index (χ1) is 16.9. The summed E-state index contributed by atoms with van der Waals surface area (Å²) in [6.07, 6.45) is -9.51. The third-order valence-corrected chi connectivity index (χ3v) is 7.98. The standard InChI is InChI=1S/C23H32F6N4O3/c1-2-14-11-16(33(31-14)15-3-9-36-10-4-15)13-32-17(18(22(24,25)26)23(27,28)29)12-21(19(32)20(34)35)5-7-30-8-6-21/h11,15,17-19,30H,2-10,12-13H2,1H3,(H,34,35). The van der Waals surface area contributed by atoms with Crippen molar-refractivity contribution in [3.63, 3.8) is 0 Å². The van der Waals surface area contributed by atoms with Crippen LogP contribution in [0.1, 0.15) is 56.5 Å². The normalized spacial score (nSPS) is 26.2. The Morgan fingerprint density at radius 2 is 1.81 bits per heavy atom. The Hall–Kier alpha value is -1.86. The van der Waals surface area contributed by atoms with Gasteiger partial charge in [0.2, 0.25) is 0 Å². The Kier molecular flexibility index (Phi) is 7.65. The third kappa shape index (κ3) is 5.24. The summed E-state index contributed by atoms with van der Waals surface area (Å²) in [6.45, 7) is 3.11. The monoisotopic (exact) mass is 526 g/mol. The van der Waals surface area contributed by atoms with Crippen molar-refractivity contribution in [2.24, 2.45) is 11.3 Å². The Labute approximate surface area is 205 Å². The van der Waals surface area contributed by atoms with E-state index in [0.717, 1.165) is 4.90 Å². The highest BCUT2D eigenvalue weighted by molar-refractivity contribution is 5.75. The Morgan fingerprint density at radius 1 is 1.19 bits per heavy atom. The third-order valence-electron chi connectivity index (χ3n) is 7.98. The van der Waals surface area contributed by atoms with Crippen LogP contribution in [0.2, 0.25) is 0 Å². The van der Waals surface area contributed by atoms with E-state index >= 15 is 0 Å². The molecule has 36 heavy (non-hydrogen) atoms. The van der Waals surface area contributed by atoms with Crippen molar-refractivity contribution in [3.05, 3.63) is 17.5 Å². The number of carboxylic acids is 1. The van der Waals surface area contributed by atoms with E-state index in [1.165, 1.54) is 0 Å². The molecule has 0 amide bonds. The lowest BCUT2D eigenvalue weighted by atomic mass is 9.71. The van der Waals surface area contributed by atoms with Crippen LogP contribution >= 0.6 is 0 Å². The van der Waals surface area contributed by atoms with Gasteiger partial charge in [-0.3, -0.25) is 14.4 Å². The van der Waals surface area contributed by atoms with Crippen LogP contribution in [0.4, 0.5) is 26.3 Å². The highest BCUT2D eigenvalue weighted by Gasteiger charge is 2.67. The van der Waals surface area contributed by atoms with Crippen LogP contribution in [0.5, 0.6) is 0 Å². The Morgan fingerprint density at radius 3 is 2.33 bits per heavy atom. The second kappa shape index (κ2) is 10.1. The zero-order chi connectivity index (χ0) is 26.3. The largest absolute Gasteiger partial charge is 0.480 e. The molecule has 0 bridgehead atoms. The predicted molar refractivity (Wildman–Crippen MR) is 116 cm³/mol. The molecule has 3 saturated heterocycles. The molecule has 7 nitrogen and oxygen atoms in total. The van der Waals surface area contributed by atoms with Crippen molar-refractivity contribution in [2.75, 3.05) is 26.3 Å². The van der Waals surface area contributed by atoms with Gasteiger partial charge in [-0.25, -0.2) is 0 Å². The maximum Gasteiger partial charge on any atom is 0.402 e. The molecule has 0 radical (unpaired) electrons. The number of ether oxygens (including phenoxy) is 1. The van der Waals surface area contributed by atoms with E-state index in [2.05, 4.69) is 10.4 Å². The molecule has 3 fully saturated rings. The lowest BCUT2D eigenvalue weighted by Gasteiger charge is -2.39. The van der Waals surface area contributed by atoms with Crippen LogP contribution in [-0.2, 0) is 22.5 Å². The van der Waals surface area contributed by atoms with Crippen molar-refractivity contribution < 1.29 is 41.0 Å². The number of nitrogens with one attached hydrogen (secondary N) is 1. The molecule has 2 N–H and O–H groups in total. The fraction of sp³-hybridized carbons (Fsp3) is 0.826. The minimum absolute atomic E-state index is 0.118. The van der Waals surface area contributed by atoms with E-state index in [4.69, 9.17) is 4.74 Å². The number of aryl methyl sites for hydroxylation is 1. The molecule has 0 aliphatic carbocycles. The molecule has 0 aromatic carbocycles. The molecule has 1 aromatic rings. The van der Waals surface area contributed by atoms with E-state index < -0.39 is 48.2 Å². The molecule has 3 aliphatic heterocycles.